The fraction of sp³-hybridized carbons (Fsp3) is 0.650. The molecule has 0 spiro atoms. The van der Waals surface area contributed by atoms with Crippen LogP contribution in [0.15, 0.2) is 18.2 Å². The molecule has 1 aromatic rings. The number of amides is 1. The van der Waals surface area contributed by atoms with Crippen molar-refractivity contribution in [2.24, 2.45) is 0 Å². The molecule has 3 rings (SSSR count). The van der Waals surface area contributed by atoms with Crippen LogP contribution >= 0.6 is 0 Å². The number of halogens is 2. The van der Waals surface area contributed by atoms with E-state index in [1.165, 1.54) is 36.3 Å². The smallest absolute Gasteiger partial charge is 0.256 e. The zero-order valence-electron chi connectivity index (χ0n) is 15.2. The summed E-state index contributed by atoms with van der Waals surface area (Å²) in [6, 6.07) is 3.99. The Morgan fingerprint density at radius 2 is 1.69 bits per heavy atom. The van der Waals surface area contributed by atoms with E-state index in [1.54, 1.807) is 0 Å². The summed E-state index contributed by atoms with van der Waals surface area (Å²) in [6.45, 7) is 2.57. The summed E-state index contributed by atoms with van der Waals surface area (Å²) >= 11 is 0. The van der Waals surface area contributed by atoms with Gasteiger partial charge in [-0.05, 0) is 44.8 Å². The number of carbonyl (C=O) groups is 1. The van der Waals surface area contributed by atoms with E-state index >= 15 is 0 Å². The average Bonchev–Trinajstić information content (AvgIpc) is 2.58. The summed E-state index contributed by atoms with van der Waals surface area (Å²) in [4.78, 5) is 16.6. The number of β-amino-alcohol motifs (C(OH)–C–C–N with tert-alkyl or cyclic N) is 1. The summed E-state index contributed by atoms with van der Waals surface area (Å²) in [5.74, 6) is -2.20. The Hall–Kier alpha value is -1.53. The normalized spacial score (nSPS) is 25.8. The highest BCUT2D eigenvalue weighted by Crippen LogP contribution is 2.27. The molecule has 1 N–H and O–H groups in total. The zero-order valence-corrected chi connectivity index (χ0v) is 15.2. The minimum Gasteiger partial charge on any atom is -0.379 e. The van der Waals surface area contributed by atoms with E-state index in [0.29, 0.717) is 25.9 Å². The van der Waals surface area contributed by atoms with Gasteiger partial charge in [0.15, 0.2) is 17.2 Å². The Bertz CT molecular complexity index is 632. The van der Waals surface area contributed by atoms with E-state index in [-0.39, 0.29) is 18.0 Å². The predicted molar refractivity (Wildman–Crippen MR) is 95.5 cm³/mol. The first kappa shape index (κ1) is 19.2. The van der Waals surface area contributed by atoms with Gasteiger partial charge < -0.3 is 10.0 Å². The van der Waals surface area contributed by atoms with Gasteiger partial charge in [0.05, 0.1) is 0 Å². The fourth-order valence-corrected chi connectivity index (χ4v) is 4.08. The van der Waals surface area contributed by atoms with Crippen LogP contribution in [0.3, 0.4) is 0 Å². The van der Waals surface area contributed by atoms with Crippen molar-refractivity contribution in [1.29, 1.82) is 0 Å². The molecule has 1 aromatic carbocycles. The number of hydrogen-bond acceptors (Lipinski definition) is 3. The van der Waals surface area contributed by atoms with E-state index in [0.717, 1.165) is 32.0 Å². The minimum absolute atomic E-state index is 0.00919. The van der Waals surface area contributed by atoms with Crippen molar-refractivity contribution >= 4 is 5.91 Å². The molecule has 0 radical (unpaired) electrons. The molecule has 2 saturated heterocycles. The number of nitrogens with zero attached hydrogens (tertiary/aromatic N) is 2. The molecule has 1 amide bonds. The summed E-state index contributed by atoms with van der Waals surface area (Å²) in [5, 5.41) is 11.0. The molecule has 6 heteroatoms. The van der Waals surface area contributed by atoms with E-state index in [9.17, 15) is 18.7 Å². The highest BCUT2D eigenvalue weighted by atomic mass is 19.2. The second-order valence-electron chi connectivity index (χ2n) is 7.62. The third-order valence-corrected chi connectivity index (χ3v) is 5.53. The van der Waals surface area contributed by atoms with E-state index < -0.39 is 17.2 Å². The average molecular weight is 366 g/mol. The molecule has 2 heterocycles. The van der Waals surface area contributed by atoms with E-state index in [1.807, 2.05) is 0 Å². The topological polar surface area (TPSA) is 43.8 Å². The van der Waals surface area contributed by atoms with Gasteiger partial charge in [-0.15, -0.1) is 0 Å². The van der Waals surface area contributed by atoms with Crippen LogP contribution in [0.1, 0.15) is 50.5 Å². The molecule has 2 fully saturated rings. The van der Waals surface area contributed by atoms with Crippen molar-refractivity contribution in [1.82, 2.24) is 9.80 Å². The molecule has 144 valence electrons. The number of benzene rings is 1. The van der Waals surface area contributed by atoms with Crippen LogP contribution in [0.5, 0.6) is 0 Å². The lowest BCUT2D eigenvalue weighted by Crippen LogP contribution is -2.58. The van der Waals surface area contributed by atoms with Gasteiger partial charge in [0, 0.05) is 25.2 Å². The number of carbonyl (C=O) groups excluding carboxylic acids is 1. The number of hydrogen-bond donors (Lipinski definition) is 1. The highest BCUT2D eigenvalue weighted by molar-refractivity contribution is 5.86. The van der Waals surface area contributed by atoms with E-state index in [4.69, 9.17) is 0 Å². The molecule has 1 unspecified atom stereocenters. The van der Waals surface area contributed by atoms with Crippen LogP contribution in [-0.2, 0) is 11.3 Å². The van der Waals surface area contributed by atoms with Gasteiger partial charge >= 0.3 is 0 Å². The Kier molecular flexibility index (Phi) is 6.24. The molecule has 0 aliphatic carbocycles. The SMILES string of the molecule is O=C1N(Cc2cccc(F)c2F)CCCC1(O)CN1CCCCCCC1. The number of likely N-dealkylation sites (tertiary alicyclic amines) is 2. The maximum Gasteiger partial charge on any atom is 0.256 e. The monoisotopic (exact) mass is 366 g/mol. The Morgan fingerprint density at radius 1 is 1.00 bits per heavy atom. The highest BCUT2D eigenvalue weighted by Gasteiger charge is 2.43. The Morgan fingerprint density at radius 3 is 2.42 bits per heavy atom. The summed E-state index contributed by atoms with van der Waals surface area (Å²) in [6.07, 6.45) is 6.88. The third-order valence-electron chi connectivity index (χ3n) is 5.53. The van der Waals surface area contributed by atoms with Crippen molar-refractivity contribution in [3.63, 3.8) is 0 Å². The molecule has 2 aliphatic rings. The van der Waals surface area contributed by atoms with Gasteiger partial charge in [-0.2, -0.15) is 0 Å². The molecule has 4 nitrogen and oxygen atoms in total. The predicted octanol–water partition coefficient (Wildman–Crippen LogP) is 3.08. The van der Waals surface area contributed by atoms with Gasteiger partial charge in [0.25, 0.3) is 5.91 Å². The molecule has 1 atom stereocenters. The second kappa shape index (κ2) is 8.44. The molecular weight excluding hydrogens is 338 g/mol. The van der Waals surface area contributed by atoms with Crippen molar-refractivity contribution < 1.29 is 18.7 Å². The van der Waals surface area contributed by atoms with Gasteiger partial charge in [-0.3, -0.25) is 9.69 Å². The first-order valence-corrected chi connectivity index (χ1v) is 9.67. The van der Waals surface area contributed by atoms with Crippen molar-refractivity contribution in [3.8, 4) is 0 Å². The van der Waals surface area contributed by atoms with Gasteiger partial charge in [-0.25, -0.2) is 8.78 Å². The minimum atomic E-state index is -1.43. The molecule has 26 heavy (non-hydrogen) atoms. The standard InChI is InChI=1S/C20H28F2N2O2/c21-17-9-6-8-16(18(17)22)14-24-13-7-10-20(26,19(24)25)15-23-11-4-2-1-3-5-12-23/h6,8-9,26H,1-5,7,10-15H2. The molecule has 2 aliphatic heterocycles. The fourth-order valence-electron chi connectivity index (χ4n) is 4.08. The summed E-state index contributed by atoms with van der Waals surface area (Å²) < 4.78 is 27.4. The lowest BCUT2D eigenvalue weighted by Gasteiger charge is -2.41. The number of rotatable bonds is 4. The third kappa shape index (κ3) is 4.41. The van der Waals surface area contributed by atoms with Crippen LogP contribution < -0.4 is 0 Å². The van der Waals surface area contributed by atoms with E-state index in [2.05, 4.69) is 4.90 Å². The maximum atomic E-state index is 13.9. The number of aliphatic hydroxyl groups is 1. The second-order valence-corrected chi connectivity index (χ2v) is 7.62. The maximum absolute atomic E-state index is 13.9. The molecule has 0 aromatic heterocycles. The largest absolute Gasteiger partial charge is 0.379 e. The first-order valence-electron chi connectivity index (χ1n) is 9.67. The van der Waals surface area contributed by atoms with Crippen LogP contribution in [-0.4, -0.2) is 52.6 Å². The Balaban J connectivity index is 1.68. The van der Waals surface area contributed by atoms with Crippen LogP contribution in [0.4, 0.5) is 8.78 Å². The van der Waals surface area contributed by atoms with Crippen LogP contribution in [0, 0.1) is 11.6 Å². The summed E-state index contributed by atoms with van der Waals surface area (Å²) in [5.41, 5.74) is -1.28. The zero-order chi connectivity index (χ0) is 18.6. The van der Waals surface area contributed by atoms with Gasteiger partial charge in [-0.1, -0.05) is 31.4 Å². The molecule has 0 bridgehead atoms. The van der Waals surface area contributed by atoms with Crippen LogP contribution in [0.25, 0.3) is 0 Å². The summed E-state index contributed by atoms with van der Waals surface area (Å²) in [7, 11) is 0. The van der Waals surface area contributed by atoms with Crippen LogP contribution in [0.2, 0.25) is 0 Å². The van der Waals surface area contributed by atoms with Crippen molar-refractivity contribution in [2.45, 2.75) is 57.1 Å². The van der Waals surface area contributed by atoms with Gasteiger partial charge in [0.2, 0.25) is 0 Å². The Labute approximate surface area is 153 Å². The molecule has 0 saturated carbocycles. The molecular formula is C20H28F2N2O2. The number of piperidine rings is 1. The van der Waals surface area contributed by atoms with Crippen molar-refractivity contribution in [3.05, 3.63) is 35.4 Å². The quantitative estimate of drug-likeness (QED) is 0.891. The van der Waals surface area contributed by atoms with Crippen molar-refractivity contribution in [2.75, 3.05) is 26.2 Å². The first-order chi connectivity index (χ1) is 12.5. The lowest BCUT2D eigenvalue weighted by atomic mass is 9.90. The van der Waals surface area contributed by atoms with Gasteiger partial charge in [0.1, 0.15) is 0 Å². The lowest BCUT2D eigenvalue weighted by molar-refractivity contribution is -0.160.